The summed E-state index contributed by atoms with van der Waals surface area (Å²) < 4.78 is 1.17. The number of halogens is 1. The Kier molecular flexibility index (Phi) is 3.01. The Hall–Kier alpha value is 0.140. The maximum absolute atomic E-state index is 10.3. The van der Waals surface area contributed by atoms with Gasteiger partial charge in [-0.1, -0.05) is 6.92 Å². The van der Waals surface area contributed by atoms with E-state index in [1.165, 1.54) is 9.35 Å². The Morgan fingerprint density at radius 3 is 3.00 bits per heavy atom. The maximum Gasteiger partial charge on any atom is 0.0731 e. The van der Waals surface area contributed by atoms with Gasteiger partial charge in [0.2, 0.25) is 0 Å². The van der Waals surface area contributed by atoms with Gasteiger partial charge in [-0.15, -0.1) is 11.3 Å². The van der Waals surface area contributed by atoms with Gasteiger partial charge in [0, 0.05) is 6.42 Å². The third kappa shape index (κ3) is 2.20. The van der Waals surface area contributed by atoms with E-state index in [1.54, 1.807) is 11.3 Å². The number of hydrogen-bond acceptors (Lipinski definition) is 2. The Morgan fingerprint density at radius 2 is 2.50 bits per heavy atom. The topological polar surface area (TPSA) is 20.2 Å². The van der Waals surface area contributed by atoms with Gasteiger partial charge in [0.05, 0.1) is 9.39 Å². The van der Waals surface area contributed by atoms with Crippen LogP contribution in [0.4, 0.5) is 0 Å². The molecule has 1 N–H and O–H groups in total. The monoisotopic (exact) mass is 274 g/mol. The molecule has 1 fully saturated rings. The molecule has 14 heavy (non-hydrogen) atoms. The second-order valence-corrected chi connectivity index (χ2v) is 6.70. The third-order valence-electron chi connectivity index (χ3n) is 3.04. The molecule has 1 saturated carbocycles. The molecule has 2 unspecified atom stereocenters. The molecule has 0 radical (unpaired) electrons. The molecule has 1 aromatic heterocycles. The van der Waals surface area contributed by atoms with Crippen LogP contribution in [0.3, 0.4) is 0 Å². The molecular formula is C11H15BrOS. The molecule has 78 valence electrons. The summed E-state index contributed by atoms with van der Waals surface area (Å²) >= 11 is 5.21. The molecule has 0 saturated heterocycles. The molecule has 0 aliphatic heterocycles. The van der Waals surface area contributed by atoms with Crippen LogP contribution >= 0.6 is 27.3 Å². The van der Waals surface area contributed by atoms with Crippen molar-refractivity contribution in [2.24, 2.45) is 5.92 Å². The maximum atomic E-state index is 10.3. The standard InChI is InChI=1S/C11H15BrOS/c1-8-2-4-11(13,6-8)7-9-3-5-14-10(9)12/h3,5,8,13H,2,4,6-7H2,1H3. The lowest BCUT2D eigenvalue weighted by molar-refractivity contribution is 0.0446. The van der Waals surface area contributed by atoms with Crippen molar-refractivity contribution in [1.29, 1.82) is 0 Å². The van der Waals surface area contributed by atoms with E-state index >= 15 is 0 Å². The fourth-order valence-corrected chi connectivity index (χ4v) is 3.57. The van der Waals surface area contributed by atoms with Crippen LogP contribution in [-0.2, 0) is 6.42 Å². The van der Waals surface area contributed by atoms with Gasteiger partial charge in [0.1, 0.15) is 0 Å². The van der Waals surface area contributed by atoms with Crippen LogP contribution < -0.4 is 0 Å². The second kappa shape index (κ2) is 3.95. The van der Waals surface area contributed by atoms with Gasteiger partial charge in [0.15, 0.2) is 0 Å². The van der Waals surface area contributed by atoms with Crippen molar-refractivity contribution >= 4 is 27.3 Å². The third-order valence-corrected chi connectivity index (χ3v) is 4.85. The largest absolute Gasteiger partial charge is 0.390 e. The van der Waals surface area contributed by atoms with Gasteiger partial charge in [-0.05, 0) is 58.1 Å². The molecule has 0 amide bonds. The van der Waals surface area contributed by atoms with Gasteiger partial charge in [0.25, 0.3) is 0 Å². The van der Waals surface area contributed by atoms with Crippen molar-refractivity contribution in [3.05, 3.63) is 20.8 Å². The normalized spacial score (nSPS) is 32.4. The predicted octanol–water partition coefficient (Wildman–Crippen LogP) is 3.60. The number of aliphatic hydroxyl groups is 1. The van der Waals surface area contributed by atoms with Gasteiger partial charge in [-0.2, -0.15) is 0 Å². The highest BCUT2D eigenvalue weighted by Crippen LogP contribution is 2.38. The summed E-state index contributed by atoms with van der Waals surface area (Å²) in [6.45, 7) is 2.22. The summed E-state index contributed by atoms with van der Waals surface area (Å²) in [4.78, 5) is 0. The van der Waals surface area contributed by atoms with E-state index in [2.05, 4.69) is 34.3 Å². The quantitative estimate of drug-likeness (QED) is 0.874. The molecule has 0 bridgehead atoms. The van der Waals surface area contributed by atoms with Crippen LogP contribution in [0.1, 0.15) is 31.7 Å². The Morgan fingerprint density at radius 1 is 1.71 bits per heavy atom. The minimum atomic E-state index is -0.441. The van der Waals surface area contributed by atoms with Crippen LogP contribution in [0.15, 0.2) is 15.2 Å². The molecule has 1 aromatic rings. The fraction of sp³-hybridized carbons (Fsp3) is 0.636. The van der Waals surface area contributed by atoms with Crippen molar-refractivity contribution in [3.63, 3.8) is 0 Å². The highest BCUT2D eigenvalue weighted by Gasteiger charge is 2.35. The first kappa shape index (κ1) is 10.7. The molecule has 1 aliphatic carbocycles. The molecule has 2 atom stereocenters. The van der Waals surface area contributed by atoms with Crippen molar-refractivity contribution in [2.75, 3.05) is 0 Å². The van der Waals surface area contributed by atoms with Crippen LogP contribution in [-0.4, -0.2) is 10.7 Å². The van der Waals surface area contributed by atoms with Crippen LogP contribution in [0, 0.1) is 5.92 Å². The molecule has 0 spiro atoms. The van der Waals surface area contributed by atoms with Gasteiger partial charge < -0.3 is 5.11 Å². The zero-order valence-corrected chi connectivity index (χ0v) is 10.7. The lowest BCUT2D eigenvalue weighted by atomic mass is 9.93. The smallest absolute Gasteiger partial charge is 0.0731 e. The van der Waals surface area contributed by atoms with E-state index in [1.807, 2.05) is 0 Å². The van der Waals surface area contributed by atoms with E-state index in [4.69, 9.17) is 0 Å². The summed E-state index contributed by atoms with van der Waals surface area (Å²) in [7, 11) is 0. The van der Waals surface area contributed by atoms with Gasteiger partial charge in [-0.3, -0.25) is 0 Å². The molecule has 2 rings (SSSR count). The number of thiophene rings is 1. The summed E-state index contributed by atoms with van der Waals surface area (Å²) in [5, 5.41) is 12.4. The van der Waals surface area contributed by atoms with E-state index < -0.39 is 5.60 Å². The second-order valence-electron chi connectivity index (χ2n) is 4.47. The number of rotatable bonds is 2. The van der Waals surface area contributed by atoms with Gasteiger partial charge >= 0.3 is 0 Å². The van der Waals surface area contributed by atoms with Gasteiger partial charge in [-0.25, -0.2) is 0 Å². The lowest BCUT2D eigenvalue weighted by Gasteiger charge is -2.22. The Labute approximate surface area is 97.3 Å². The lowest BCUT2D eigenvalue weighted by Crippen LogP contribution is -2.27. The Balaban J connectivity index is 2.07. The zero-order valence-electron chi connectivity index (χ0n) is 8.29. The van der Waals surface area contributed by atoms with E-state index in [0.29, 0.717) is 5.92 Å². The highest BCUT2D eigenvalue weighted by atomic mass is 79.9. The van der Waals surface area contributed by atoms with Crippen LogP contribution in [0.25, 0.3) is 0 Å². The summed E-state index contributed by atoms with van der Waals surface area (Å²) in [5.74, 6) is 0.678. The molecule has 0 aromatic carbocycles. The van der Waals surface area contributed by atoms with Crippen molar-refractivity contribution in [2.45, 2.75) is 38.2 Å². The van der Waals surface area contributed by atoms with Crippen molar-refractivity contribution in [3.8, 4) is 0 Å². The first-order valence-corrected chi connectivity index (χ1v) is 6.71. The summed E-state index contributed by atoms with van der Waals surface area (Å²) in [6.07, 6.45) is 3.88. The average molecular weight is 275 g/mol. The first-order valence-electron chi connectivity index (χ1n) is 5.03. The fourth-order valence-electron chi connectivity index (χ4n) is 2.33. The molecule has 1 heterocycles. The highest BCUT2D eigenvalue weighted by molar-refractivity contribution is 9.11. The van der Waals surface area contributed by atoms with E-state index in [-0.39, 0.29) is 0 Å². The first-order chi connectivity index (χ1) is 6.59. The van der Waals surface area contributed by atoms with Crippen LogP contribution in [0.2, 0.25) is 0 Å². The van der Waals surface area contributed by atoms with Crippen LogP contribution in [0.5, 0.6) is 0 Å². The Bertz CT molecular complexity index is 323. The average Bonchev–Trinajstić information content (AvgIpc) is 2.62. The van der Waals surface area contributed by atoms with Crippen molar-refractivity contribution < 1.29 is 5.11 Å². The molecule has 1 aliphatic rings. The molecule has 1 nitrogen and oxygen atoms in total. The summed E-state index contributed by atoms with van der Waals surface area (Å²) in [5.41, 5.74) is 0.815. The molecular weight excluding hydrogens is 260 g/mol. The van der Waals surface area contributed by atoms with E-state index in [0.717, 1.165) is 25.7 Å². The summed E-state index contributed by atoms with van der Waals surface area (Å²) in [6, 6.07) is 2.11. The SMILES string of the molecule is CC1CCC(O)(Cc2ccsc2Br)C1. The zero-order chi connectivity index (χ0) is 10.2. The predicted molar refractivity (Wildman–Crippen MR) is 63.7 cm³/mol. The van der Waals surface area contributed by atoms with Crippen molar-refractivity contribution in [1.82, 2.24) is 0 Å². The minimum absolute atomic E-state index is 0.441. The minimum Gasteiger partial charge on any atom is -0.390 e. The molecule has 3 heteroatoms. The number of hydrogen-bond donors (Lipinski definition) is 1. The van der Waals surface area contributed by atoms with E-state index in [9.17, 15) is 5.11 Å².